The van der Waals surface area contributed by atoms with Crippen LogP contribution in [-0.4, -0.2) is 66.2 Å². The van der Waals surface area contributed by atoms with Crippen molar-refractivity contribution in [2.24, 2.45) is 11.7 Å². The molecule has 0 unspecified atom stereocenters. The smallest absolute Gasteiger partial charge is 0.0323 e. The van der Waals surface area contributed by atoms with E-state index in [0.717, 1.165) is 19.0 Å². The van der Waals surface area contributed by atoms with Gasteiger partial charge < -0.3 is 11.1 Å². The minimum absolute atomic E-state index is 0.258. The van der Waals surface area contributed by atoms with E-state index >= 15 is 0 Å². The van der Waals surface area contributed by atoms with E-state index in [0.29, 0.717) is 11.6 Å². The summed E-state index contributed by atoms with van der Waals surface area (Å²) in [6.45, 7) is 18.2. The van der Waals surface area contributed by atoms with E-state index in [1.54, 1.807) is 0 Å². The van der Waals surface area contributed by atoms with E-state index < -0.39 is 0 Å². The van der Waals surface area contributed by atoms with Gasteiger partial charge in [0.25, 0.3) is 0 Å². The van der Waals surface area contributed by atoms with Gasteiger partial charge >= 0.3 is 0 Å². The van der Waals surface area contributed by atoms with Crippen LogP contribution in [0, 0.1) is 5.92 Å². The third-order valence-electron chi connectivity index (χ3n) is 4.80. The molecule has 0 aromatic heterocycles. The quantitative estimate of drug-likeness (QED) is 0.771. The van der Waals surface area contributed by atoms with Crippen molar-refractivity contribution in [3.05, 3.63) is 0 Å². The first-order chi connectivity index (χ1) is 8.72. The van der Waals surface area contributed by atoms with E-state index in [9.17, 15) is 0 Å². The molecule has 0 amide bonds. The summed E-state index contributed by atoms with van der Waals surface area (Å²) in [6.07, 6.45) is 0. The molecule has 0 bridgehead atoms. The zero-order valence-electron chi connectivity index (χ0n) is 13.4. The second-order valence-electron chi connectivity index (χ2n) is 7.97. The van der Waals surface area contributed by atoms with Crippen LogP contribution >= 0.6 is 0 Å². The van der Waals surface area contributed by atoms with E-state index in [-0.39, 0.29) is 5.54 Å². The summed E-state index contributed by atoms with van der Waals surface area (Å²) in [6, 6.07) is 0.671. The van der Waals surface area contributed by atoms with Gasteiger partial charge in [-0.25, -0.2) is 0 Å². The number of hydrogen-bond acceptors (Lipinski definition) is 4. The Morgan fingerprint density at radius 1 is 1.00 bits per heavy atom. The topological polar surface area (TPSA) is 44.5 Å². The lowest BCUT2D eigenvalue weighted by atomic mass is 9.90. The molecule has 2 heterocycles. The summed E-state index contributed by atoms with van der Waals surface area (Å²) in [4.78, 5) is 5.09. The van der Waals surface area contributed by atoms with Crippen molar-refractivity contribution < 1.29 is 0 Å². The molecule has 0 aromatic rings. The van der Waals surface area contributed by atoms with Gasteiger partial charge in [0.15, 0.2) is 0 Å². The summed E-state index contributed by atoms with van der Waals surface area (Å²) in [7, 11) is 0. The summed E-state index contributed by atoms with van der Waals surface area (Å²) in [5, 5.41) is 3.73. The maximum Gasteiger partial charge on any atom is 0.0323 e. The summed E-state index contributed by atoms with van der Waals surface area (Å²) in [5.41, 5.74) is 6.28. The van der Waals surface area contributed by atoms with Gasteiger partial charge in [0.05, 0.1) is 0 Å². The van der Waals surface area contributed by atoms with Crippen molar-refractivity contribution in [3.63, 3.8) is 0 Å². The van der Waals surface area contributed by atoms with Crippen LogP contribution in [0.4, 0.5) is 0 Å². The molecular formula is C15H32N4. The molecular weight excluding hydrogens is 236 g/mol. The molecule has 0 radical (unpaired) electrons. The Morgan fingerprint density at radius 2 is 1.58 bits per heavy atom. The summed E-state index contributed by atoms with van der Waals surface area (Å²) in [5.74, 6) is 0.722. The lowest BCUT2D eigenvalue weighted by Gasteiger charge is -2.52. The van der Waals surface area contributed by atoms with Crippen molar-refractivity contribution in [3.8, 4) is 0 Å². The van der Waals surface area contributed by atoms with Crippen LogP contribution in [0.25, 0.3) is 0 Å². The van der Waals surface area contributed by atoms with Crippen LogP contribution in [-0.2, 0) is 0 Å². The highest BCUT2D eigenvalue weighted by Gasteiger charge is 2.38. The van der Waals surface area contributed by atoms with E-state index in [4.69, 9.17) is 5.73 Å². The number of nitrogens with one attached hydrogen (secondary N) is 1. The Bertz CT molecular complexity index is 296. The summed E-state index contributed by atoms with van der Waals surface area (Å²) < 4.78 is 0. The van der Waals surface area contributed by atoms with Crippen molar-refractivity contribution >= 4 is 0 Å². The minimum atomic E-state index is 0.258. The molecule has 0 spiro atoms. The van der Waals surface area contributed by atoms with Crippen molar-refractivity contribution in [1.29, 1.82) is 0 Å². The molecule has 2 aliphatic heterocycles. The molecule has 2 rings (SSSR count). The van der Waals surface area contributed by atoms with Crippen molar-refractivity contribution in [2.45, 2.75) is 51.7 Å². The van der Waals surface area contributed by atoms with Gasteiger partial charge in [-0.05, 0) is 47.1 Å². The molecule has 2 aliphatic rings. The second-order valence-corrected chi connectivity index (χ2v) is 7.97. The average Bonchev–Trinajstić information content (AvgIpc) is 2.10. The predicted octanol–water partition coefficient (Wildman–Crippen LogP) is 0.728. The van der Waals surface area contributed by atoms with Crippen LogP contribution in [0.1, 0.15) is 34.6 Å². The first-order valence-electron chi connectivity index (χ1n) is 7.66. The average molecular weight is 268 g/mol. The van der Waals surface area contributed by atoms with Crippen LogP contribution in [0.5, 0.6) is 0 Å². The van der Waals surface area contributed by atoms with E-state index in [1.807, 2.05) is 0 Å². The summed E-state index contributed by atoms with van der Waals surface area (Å²) >= 11 is 0. The van der Waals surface area contributed by atoms with E-state index in [1.165, 1.54) is 26.2 Å². The molecule has 0 aliphatic carbocycles. The Hall–Kier alpha value is -0.160. The first kappa shape index (κ1) is 15.2. The fourth-order valence-electron chi connectivity index (χ4n) is 2.87. The molecule has 2 saturated heterocycles. The maximum atomic E-state index is 5.70. The standard InChI is InChI=1S/C15H32N4/c1-14(2,3)18-9-13(10-18)17-11-15(4,5)19-7-12(6-16)8-19/h12-13,17H,6-11,16H2,1-5H3. The molecule has 19 heavy (non-hydrogen) atoms. The molecule has 0 aromatic carbocycles. The fraction of sp³-hybridized carbons (Fsp3) is 1.00. The molecule has 4 heteroatoms. The SMILES string of the molecule is CC(C)(C)N1CC(NCC(C)(C)N2CC(CN)C2)C1. The normalized spacial score (nSPS) is 24.3. The largest absolute Gasteiger partial charge is 0.330 e. The lowest BCUT2D eigenvalue weighted by Crippen LogP contribution is -2.67. The third kappa shape index (κ3) is 3.48. The number of rotatable bonds is 5. The van der Waals surface area contributed by atoms with Crippen LogP contribution in [0.3, 0.4) is 0 Å². The zero-order valence-corrected chi connectivity index (χ0v) is 13.4. The van der Waals surface area contributed by atoms with Crippen LogP contribution < -0.4 is 11.1 Å². The Labute approximate surface area is 118 Å². The van der Waals surface area contributed by atoms with Gasteiger partial charge in [-0.15, -0.1) is 0 Å². The molecule has 112 valence electrons. The zero-order chi connectivity index (χ0) is 14.3. The highest BCUT2D eigenvalue weighted by molar-refractivity contribution is 4.97. The third-order valence-corrected chi connectivity index (χ3v) is 4.80. The van der Waals surface area contributed by atoms with Gasteiger partial charge in [-0.1, -0.05) is 0 Å². The second kappa shape index (κ2) is 5.32. The van der Waals surface area contributed by atoms with Gasteiger partial charge in [-0.2, -0.15) is 0 Å². The van der Waals surface area contributed by atoms with Crippen molar-refractivity contribution in [2.75, 3.05) is 39.3 Å². The highest BCUT2D eigenvalue weighted by atomic mass is 15.3. The number of nitrogens with zero attached hydrogens (tertiary/aromatic N) is 2. The van der Waals surface area contributed by atoms with Gasteiger partial charge in [0.2, 0.25) is 0 Å². The van der Waals surface area contributed by atoms with Gasteiger partial charge in [0, 0.05) is 49.8 Å². The number of likely N-dealkylation sites (tertiary alicyclic amines) is 2. The molecule has 0 saturated carbocycles. The predicted molar refractivity (Wildman–Crippen MR) is 81.3 cm³/mol. The number of hydrogen-bond donors (Lipinski definition) is 2. The molecule has 3 N–H and O–H groups in total. The molecule has 4 nitrogen and oxygen atoms in total. The highest BCUT2D eigenvalue weighted by Crippen LogP contribution is 2.26. The first-order valence-corrected chi connectivity index (χ1v) is 7.66. The fourth-order valence-corrected chi connectivity index (χ4v) is 2.87. The van der Waals surface area contributed by atoms with Gasteiger partial charge in [0.1, 0.15) is 0 Å². The molecule has 2 fully saturated rings. The van der Waals surface area contributed by atoms with Crippen LogP contribution in [0.2, 0.25) is 0 Å². The molecule has 0 atom stereocenters. The number of nitrogens with two attached hydrogens (primary N) is 1. The van der Waals surface area contributed by atoms with E-state index in [2.05, 4.69) is 49.7 Å². The minimum Gasteiger partial charge on any atom is -0.330 e. The lowest BCUT2D eigenvalue weighted by molar-refractivity contribution is -0.00673. The Morgan fingerprint density at radius 3 is 2.05 bits per heavy atom. The Balaban J connectivity index is 1.66. The monoisotopic (exact) mass is 268 g/mol. The van der Waals surface area contributed by atoms with Gasteiger partial charge in [-0.3, -0.25) is 9.80 Å². The van der Waals surface area contributed by atoms with Crippen LogP contribution in [0.15, 0.2) is 0 Å². The van der Waals surface area contributed by atoms with Crippen molar-refractivity contribution in [1.82, 2.24) is 15.1 Å². The Kier molecular flexibility index (Phi) is 4.26. The maximum absolute atomic E-state index is 5.70.